The van der Waals surface area contributed by atoms with Crippen LogP contribution in [0.2, 0.25) is 0 Å². The standard InChI is InChI=1S/C18H22N2/c1-3-7-16(8-4-1)13-20(15-18-11-19-12-18)14-17-9-5-2-6-10-17/h1-10,18-19H,11-15H2. The van der Waals surface area contributed by atoms with E-state index in [4.69, 9.17) is 0 Å². The Kier molecular flexibility index (Phi) is 4.46. The molecule has 2 aromatic rings. The summed E-state index contributed by atoms with van der Waals surface area (Å²) in [4.78, 5) is 2.57. The van der Waals surface area contributed by atoms with E-state index in [2.05, 4.69) is 70.9 Å². The maximum Gasteiger partial charge on any atom is 0.0237 e. The van der Waals surface area contributed by atoms with Crippen LogP contribution in [0.4, 0.5) is 0 Å². The number of nitrogens with zero attached hydrogens (tertiary/aromatic N) is 1. The van der Waals surface area contributed by atoms with Gasteiger partial charge in [0.1, 0.15) is 0 Å². The highest BCUT2D eigenvalue weighted by atomic mass is 15.1. The lowest BCUT2D eigenvalue weighted by Gasteiger charge is -2.33. The zero-order valence-corrected chi connectivity index (χ0v) is 11.8. The second kappa shape index (κ2) is 6.69. The quantitative estimate of drug-likeness (QED) is 0.865. The predicted molar refractivity (Wildman–Crippen MR) is 83.4 cm³/mol. The number of benzene rings is 2. The van der Waals surface area contributed by atoms with Crippen molar-refractivity contribution >= 4 is 0 Å². The molecule has 2 heteroatoms. The highest BCUT2D eigenvalue weighted by Gasteiger charge is 2.20. The summed E-state index contributed by atoms with van der Waals surface area (Å²) in [6.07, 6.45) is 0. The van der Waals surface area contributed by atoms with Crippen molar-refractivity contribution in [3.8, 4) is 0 Å². The number of hydrogen-bond donors (Lipinski definition) is 1. The Bertz CT molecular complexity index is 464. The van der Waals surface area contributed by atoms with Crippen LogP contribution >= 0.6 is 0 Å². The predicted octanol–water partition coefficient (Wildman–Crippen LogP) is 2.91. The fourth-order valence-electron chi connectivity index (χ4n) is 2.71. The maximum absolute atomic E-state index is 3.37. The normalized spacial score (nSPS) is 15.2. The minimum atomic E-state index is 0.808. The van der Waals surface area contributed by atoms with E-state index in [1.807, 2.05) is 0 Å². The van der Waals surface area contributed by atoms with Crippen molar-refractivity contribution in [2.75, 3.05) is 19.6 Å². The van der Waals surface area contributed by atoms with Crippen LogP contribution in [0.5, 0.6) is 0 Å². The van der Waals surface area contributed by atoms with Crippen molar-refractivity contribution in [1.82, 2.24) is 10.2 Å². The monoisotopic (exact) mass is 266 g/mol. The summed E-state index contributed by atoms with van der Waals surface area (Å²) in [5.41, 5.74) is 2.80. The molecule has 0 saturated carbocycles. The van der Waals surface area contributed by atoms with Gasteiger partial charge < -0.3 is 5.32 Å². The Balaban J connectivity index is 1.66. The molecule has 0 amide bonds. The number of hydrogen-bond acceptors (Lipinski definition) is 2. The van der Waals surface area contributed by atoms with Crippen molar-refractivity contribution in [1.29, 1.82) is 0 Å². The van der Waals surface area contributed by atoms with Crippen LogP contribution in [0, 0.1) is 5.92 Å². The molecule has 2 nitrogen and oxygen atoms in total. The molecule has 1 aliphatic rings. The lowest BCUT2D eigenvalue weighted by atomic mass is 10.0. The van der Waals surface area contributed by atoms with E-state index in [0.717, 1.165) is 19.0 Å². The largest absolute Gasteiger partial charge is 0.316 e. The number of nitrogens with one attached hydrogen (secondary N) is 1. The van der Waals surface area contributed by atoms with E-state index in [1.54, 1.807) is 0 Å². The first kappa shape index (κ1) is 13.3. The Labute approximate surface area is 121 Å². The van der Waals surface area contributed by atoms with Gasteiger partial charge in [-0.3, -0.25) is 4.90 Å². The van der Waals surface area contributed by atoms with Crippen LogP contribution in [0.3, 0.4) is 0 Å². The molecule has 1 heterocycles. The smallest absolute Gasteiger partial charge is 0.0237 e. The summed E-state index contributed by atoms with van der Waals surface area (Å²) in [6, 6.07) is 21.5. The molecule has 3 rings (SSSR count). The maximum atomic E-state index is 3.37. The Hall–Kier alpha value is -1.64. The van der Waals surface area contributed by atoms with Gasteiger partial charge in [-0.1, -0.05) is 60.7 Å². The van der Waals surface area contributed by atoms with Gasteiger partial charge in [-0.2, -0.15) is 0 Å². The van der Waals surface area contributed by atoms with Crippen molar-refractivity contribution in [3.63, 3.8) is 0 Å². The SMILES string of the molecule is c1ccc(CN(Cc2ccccc2)CC2CNC2)cc1. The van der Waals surface area contributed by atoms with Crippen LogP contribution < -0.4 is 5.32 Å². The number of rotatable bonds is 6. The zero-order valence-electron chi connectivity index (χ0n) is 11.8. The van der Waals surface area contributed by atoms with E-state index < -0.39 is 0 Å². The van der Waals surface area contributed by atoms with Gasteiger partial charge in [0.05, 0.1) is 0 Å². The summed E-state index contributed by atoms with van der Waals surface area (Å²) in [5.74, 6) is 0.808. The highest BCUT2D eigenvalue weighted by molar-refractivity contribution is 5.17. The first-order valence-corrected chi connectivity index (χ1v) is 7.41. The molecule has 2 aromatic carbocycles. The Morgan fingerprint density at radius 2 is 1.30 bits per heavy atom. The van der Waals surface area contributed by atoms with Crippen molar-refractivity contribution in [2.45, 2.75) is 13.1 Å². The molecule has 1 fully saturated rings. The molecule has 20 heavy (non-hydrogen) atoms. The van der Waals surface area contributed by atoms with Gasteiger partial charge in [-0.05, 0) is 17.0 Å². The van der Waals surface area contributed by atoms with Gasteiger partial charge in [0, 0.05) is 32.7 Å². The third-order valence-corrected chi connectivity index (χ3v) is 3.88. The molecule has 0 bridgehead atoms. The van der Waals surface area contributed by atoms with E-state index in [9.17, 15) is 0 Å². The van der Waals surface area contributed by atoms with Crippen molar-refractivity contribution < 1.29 is 0 Å². The van der Waals surface area contributed by atoms with Gasteiger partial charge in [0.2, 0.25) is 0 Å². The molecule has 0 aromatic heterocycles. The van der Waals surface area contributed by atoms with Gasteiger partial charge in [0.15, 0.2) is 0 Å². The van der Waals surface area contributed by atoms with Gasteiger partial charge >= 0.3 is 0 Å². The first-order valence-electron chi connectivity index (χ1n) is 7.41. The van der Waals surface area contributed by atoms with Crippen LogP contribution in [0.1, 0.15) is 11.1 Å². The van der Waals surface area contributed by atoms with Crippen LogP contribution in [-0.4, -0.2) is 24.5 Å². The zero-order chi connectivity index (χ0) is 13.6. The van der Waals surface area contributed by atoms with Crippen LogP contribution in [0.25, 0.3) is 0 Å². The molecular weight excluding hydrogens is 244 g/mol. The third kappa shape index (κ3) is 3.69. The summed E-state index contributed by atoms with van der Waals surface area (Å²) in [6.45, 7) is 5.58. The Morgan fingerprint density at radius 3 is 1.70 bits per heavy atom. The fraction of sp³-hybridized carbons (Fsp3) is 0.333. The summed E-state index contributed by atoms with van der Waals surface area (Å²) < 4.78 is 0. The minimum absolute atomic E-state index is 0.808. The first-order chi connectivity index (χ1) is 9.90. The lowest BCUT2D eigenvalue weighted by Crippen LogP contribution is -2.48. The molecular formula is C18H22N2. The molecule has 0 radical (unpaired) electrons. The minimum Gasteiger partial charge on any atom is -0.316 e. The fourth-order valence-corrected chi connectivity index (χ4v) is 2.71. The molecule has 0 atom stereocenters. The molecule has 1 N–H and O–H groups in total. The molecule has 0 spiro atoms. The molecule has 104 valence electrons. The molecule has 1 aliphatic heterocycles. The van der Waals surface area contributed by atoms with E-state index in [1.165, 1.54) is 30.8 Å². The lowest BCUT2D eigenvalue weighted by molar-refractivity contribution is 0.179. The molecule has 1 saturated heterocycles. The van der Waals surface area contributed by atoms with E-state index in [-0.39, 0.29) is 0 Å². The average molecular weight is 266 g/mol. The van der Waals surface area contributed by atoms with Gasteiger partial charge in [-0.15, -0.1) is 0 Å². The average Bonchev–Trinajstić information content (AvgIpc) is 2.45. The highest BCUT2D eigenvalue weighted by Crippen LogP contribution is 2.14. The second-order valence-corrected chi connectivity index (χ2v) is 5.67. The summed E-state index contributed by atoms with van der Waals surface area (Å²) >= 11 is 0. The third-order valence-electron chi connectivity index (χ3n) is 3.88. The Morgan fingerprint density at radius 1 is 0.800 bits per heavy atom. The summed E-state index contributed by atoms with van der Waals surface area (Å²) in [7, 11) is 0. The second-order valence-electron chi connectivity index (χ2n) is 5.67. The van der Waals surface area contributed by atoms with Crippen LogP contribution in [0.15, 0.2) is 60.7 Å². The van der Waals surface area contributed by atoms with Crippen molar-refractivity contribution in [2.24, 2.45) is 5.92 Å². The molecule has 0 aliphatic carbocycles. The van der Waals surface area contributed by atoms with Crippen molar-refractivity contribution in [3.05, 3.63) is 71.8 Å². The van der Waals surface area contributed by atoms with Crippen LogP contribution in [-0.2, 0) is 13.1 Å². The van der Waals surface area contributed by atoms with E-state index in [0.29, 0.717) is 0 Å². The van der Waals surface area contributed by atoms with E-state index >= 15 is 0 Å². The van der Waals surface area contributed by atoms with Gasteiger partial charge in [-0.25, -0.2) is 0 Å². The molecule has 0 unspecified atom stereocenters. The van der Waals surface area contributed by atoms with Gasteiger partial charge in [0.25, 0.3) is 0 Å². The topological polar surface area (TPSA) is 15.3 Å². The summed E-state index contributed by atoms with van der Waals surface area (Å²) in [5, 5.41) is 3.37.